The number of amides is 2. The van der Waals surface area contributed by atoms with Crippen LogP contribution in [0.15, 0.2) is 42.5 Å². The van der Waals surface area contributed by atoms with Crippen LogP contribution in [0.4, 0.5) is 11.4 Å². The first-order valence-electron chi connectivity index (χ1n) is 11.6. The van der Waals surface area contributed by atoms with E-state index in [9.17, 15) is 28.1 Å². The monoisotopic (exact) mass is 518 g/mol. The number of non-ortho nitro benzene ring substituents is 1. The second-order valence-corrected chi connectivity index (χ2v) is 10.9. The van der Waals surface area contributed by atoms with E-state index < -0.39 is 33.4 Å². The van der Waals surface area contributed by atoms with Crippen LogP contribution < -0.4 is 9.62 Å². The maximum atomic E-state index is 13.6. The molecule has 1 N–H and O–H groups in total. The summed E-state index contributed by atoms with van der Waals surface area (Å²) in [6.07, 6.45) is 1.64. The van der Waals surface area contributed by atoms with Crippen molar-refractivity contribution in [3.8, 4) is 0 Å². The van der Waals surface area contributed by atoms with Crippen molar-refractivity contribution in [3.05, 3.63) is 69.3 Å². The van der Waals surface area contributed by atoms with Crippen molar-refractivity contribution < 1.29 is 22.9 Å². The Kier molecular flexibility index (Phi) is 9.57. The van der Waals surface area contributed by atoms with Gasteiger partial charge < -0.3 is 10.2 Å². The van der Waals surface area contributed by atoms with Gasteiger partial charge in [0.2, 0.25) is 21.8 Å². The third-order valence-electron chi connectivity index (χ3n) is 5.96. The number of anilines is 1. The summed E-state index contributed by atoms with van der Waals surface area (Å²) in [6, 6.07) is 10.3. The number of rotatable bonds is 11. The lowest BCUT2D eigenvalue weighted by Gasteiger charge is -2.32. The Balaban J connectivity index is 2.48. The highest BCUT2D eigenvalue weighted by molar-refractivity contribution is 7.92. The molecule has 0 bridgehead atoms. The first-order chi connectivity index (χ1) is 16.7. The van der Waals surface area contributed by atoms with Crippen LogP contribution in [0.25, 0.3) is 0 Å². The van der Waals surface area contributed by atoms with Gasteiger partial charge in [0.25, 0.3) is 5.69 Å². The number of nitro benzene ring substituents is 1. The first-order valence-corrected chi connectivity index (χ1v) is 13.5. The maximum Gasteiger partial charge on any atom is 0.271 e. The zero-order valence-corrected chi connectivity index (χ0v) is 22.3. The molecular weight excluding hydrogens is 484 g/mol. The van der Waals surface area contributed by atoms with E-state index in [4.69, 9.17) is 0 Å². The molecule has 196 valence electrons. The largest absolute Gasteiger partial charge is 0.352 e. The topological polar surface area (TPSA) is 130 Å². The molecule has 0 fully saturated rings. The second kappa shape index (κ2) is 12.0. The molecule has 0 radical (unpaired) electrons. The number of carbonyl (C=O) groups is 2. The molecule has 0 aliphatic heterocycles. The highest BCUT2D eigenvalue weighted by Crippen LogP contribution is 2.28. The summed E-state index contributed by atoms with van der Waals surface area (Å²) in [4.78, 5) is 38.5. The predicted octanol–water partition coefficient (Wildman–Crippen LogP) is 3.31. The number of benzene rings is 2. The van der Waals surface area contributed by atoms with Crippen molar-refractivity contribution in [3.63, 3.8) is 0 Å². The average molecular weight is 519 g/mol. The lowest BCUT2D eigenvalue weighted by atomic mass is 10.1. The lowest BCUT2D eigenvalue weighted by Crippen LogP contribution is -2.52. The van der Waals surface area contributed by atoms with Gasteiger partial charge in [-0.15, -0.1) is 0 Å². The van der Waals surface area contributed by atoms with Gasteiger partial charge in [0.15, 0.2) is 0 Å². The van der Waals surface area contributed by atoms with Crippen molar-refractivity contribution in [2.75, 3.05) is 17.1 Å². The number of carbonyl (C=O) groups excluding carboxylic acids is 2. The standard InChI is InChI=1S/C25H34N4O6S/c1-7-19(4)26-25(31)20(5)27(15-21-10-8-9-17(2)13-21)24(30)16-28(36(6,34)35)23-14-22(29(32)33)12-11-18(23)3/h8-14,19-20H,7,15-16H2,1-6H3,(H,26,31)/t19-,20-/m1/s1. The Morgan fingerprint density at radius 3 is 2.33 bits per heavy atom. The molecule has 2 atom stereocenters. The fourth-order valence-corrected chi connectivity index (χ4v) is 4.53. The van der Waals surface area contributed by atoms with Crippen molar-refractivity contribution in [2.24, 2.45) is 0 Å². The molecule has 0 saturated carbocycles. The van der Waals surface area contributed by atoms with E-state index in [1.54, 1.807) is 13.8 Å². The molecule has 2 aromatic rings. The molecule has 0 spiro atoms. The van der Waals surface area contributed by atoms with E-state index >= 15 is 0 Å². The minimum absolute atomic E-state index is 0.0345. The zero-order valence-electron chi connectivity index (χ0n) is 21.5. The quantitative estimate of drug-likeness (QED) is 0.359. The van der Waals surface area contributed by atoms with E-state index in [1.165, 1.54) is 17.0 Å². The molecule has 0 aliphatic rings. The summed E-state index contributed by atoms with van der Waals surface area (Å²) >= 11 is 0. The SMILES string of the molecule is CC[C@@H](C)NC(=O)[C@@H](C)N(Cc1cccc(C)c1)C(=O)CN(c1cc([N+](=O)[O-])ccc1C)S(C)(=O)=O. The molecule has 0 heterocycles. The number of nitrogens with one attached hydrogen (secondary N) is 1. The Morgan fingerprint density at radius 1 is 1.11 bits per heavy atom. The molecule has 11 heteroatoms. The summed E-state index contributed by atoms with van der Waals surface area (Å²) in [6.45, 7) is 8.35. The van der Waals surface area contributed by atoms with Crippen molar-refractivity contribution >= 4 is 33.2 Å². The van der Waals surface area contributed by atoms with E-state index in [0.29, 0.717) is 12.0 Å². The minimum Gasteiger partial charge on any atom is -0.352 e. The molecule has 2 aromatic carbocycles. The zero-order chi connectivity index (χ0) is 27.2. The molecule has 0 saturated heterocycles. The maximum absolute atomic E-state index is 13.6. The molecule has 2 rings (SSSR count). The highest BCUT2D eigenvalue weighted by Gasteiger charge is 2.31. The number of nitro groups is 1. The van der Waals surface area contributed by atoms with Crippen LogP contribution in [0, 0.1) is 24.0 Å². The van der Waals surface area contributed by atoms with Crippen LogP contribution in [-0.4, -0.2) is 54.9 Å². The molecule has 10 nitrogen and oxygen atoms in total. The van der Waals surface area contributed by atoms with Gasteiger partial charge in [-0.05, 0) is 45.2 Å². The lowest BCUT2D eigenvalue weighted by molar-refractivity contribution is -0.384. The van der Waals surface area contributed by atoms with Gasteiger partial charge >= 0.3 is 0 Å². The van der Waals surface area contributed by atoms with Gasteiger partial charge in [-0.2, -0.15) is 0 Å². The fourth-order valence-electron chi connectivity index (χ4n) is 3.63. The van der Waals surface area contributed by atoms with Gasteiger partial charge in [-0.3, -0.25) is 24.0 Å². The molecule has 0 aliphatic carbocycles. The molecule has 0 unspecified atom stereocenters. The van der Waals surface area contributed by atoms with E-state index in [0.717, 1.165) is 27.8 Å². The minimum atomic E-state index is -4.00. The van der Waals surface area contributed by atoms with Crippen LogP contribution >= 0.6 is 0 Å². The Morgan fingerprint density at radius 2 is 1.78 bits per heavy atom. The number of sulfonamides is 1. The summed E-state index contributed by atoms with van der Waals surface area (Å²) < 4.78 is 26.3. The van der Waals surface area contributed by atoms with Gasteiger partial charge in [-0.1, -0.05) is 42.8 Å². The molecule has 2 amide bonds. The van der Waals surface area contributed by atoms with Gasteiger partial charge in [-0.25, -0.2) is 8.42 Å². The van der Waals surface area contributed by atoms with Crippen LogP contribution in [0.1, 0.15) is 43.9 Å². The molecule has 36 heavy (non-hydrogen) atoms. The Bertz CT molecular complexity index is 1230. The van der Waals surface area contributed by atoms with Crippen molar-refractivity contribution in [1.82, 2.24) is 10.2 Å². The first kappa shape index (κ1) is 28.8. The fraction of sp³-hybridized carbons (Fsp3) is 0.440. The number of hydrogen-bond donors (Lipinski definition) is 1. The van der Waals surface area contributed by atoms with Gasteiger partial charge in [0.1, 0.15) is 12.6 Å². The number of nitrogens with zero attached hydrogens (tertiary/aromatic N) is 3. The summed E-state index contributed by atoms with van der Waals surface area (Å²) in [5.41, 5.74) is 1.94. The number of hydrogen-bond acceptors (Lipinski definition) is 6. The molecular formula is C25H34N4O6S. The smallest absolute Gasteiger partial charge is 0.271 e. The summed E-state index contributed by atoms with van der Waals surface area (Å²) in [7, 11) is -4.00. The van der Waals surface area contributed by atoms with Crippen LogP contribution in [-0.2, 0) is 26.2 Å². The third-order valence-corrected chi connectivity index (χ3v) is 7.08. The Hall–Kier alpha value is -3.47. The Labute approximate surface area is 212 Å². The van der Waals surface area contributed by atoms with Crippen molar-refractivity contribution in [1.29, 1.82) is 0 Å². The van der Waals surface area contributed by atoms with Crippen molar-refractivity contribution in [2.45, 2.75) is 59.7 Å². The highest BCUT2D eigenvalue weighted by atomic mass is 32.2. The third kappa shape index (κ3) is 7.51. The molecule has 0 aromatic heterocycles. The number of aryl methyl sites for hydroxylation is 2. The van der Waals surface area contributed by atoms with Gasteiger partial charge in [0.05, 0.1) is 16.9 Å². The van der Waals surface area contributed by atoms with E-state index in [2.05, 4.69) is 5.32 Å². The second-order valence-electron chi connectivity index (χ2n) is 9.00. The van der Waals surface area contributed by atoms with Crippen LogP contribution in [0.5, 0.6) is 0 Å². The van der Waals surface area contributed by atoms with Crippen LogP contribution in [0.2, 0.25) is 0 Å². The predicted molar refractivity (Wildman–Crippen MR) is 139 cm³/mol. The normalized spacial score (nSPS) is 12.9. The summed E-state index contributed by atoms with van der Waals surface area (Å²) in [5, 5.41) is 14.2. The van der Waals surface area contributed by atoms with Crippen LogP contribution in [0.3, 0.4) is 0 Å². The average Bonchev–Trinajstić information content (AvgIpc) is 2.80. The van der Waals surface area contributed by atoms with Gasteiger partial charge in [0, 0.05) is 24.7 Å². The van der Waals surface area contributed by atoms with E-state index in [1.807, 2.05) is 45.0 Å². The summed E-state index contributed by atoms with van der Waals surface area (Å²) in [5.74, 6) is -0.970. The van der Waals surface area contributed by atoms with E-state index in [-0.39, 0.29) is 29.9 Å².